The Balaban J connectivity index is 2.47. The predicted octanol–water partition coefficient (Wildman–Crippen LogP) is 2.67. The van der Waals surface area contributed by atoms with E-state index in [0.717, 1.165) is 0 Å². The fourth-order valence-corrected chi connectivity index (χ4v) is 3.45. The number of rotatable bonds is 6. The monoisotopic (exact) mass is 336 g/mol. The normalized spacial score (nSPS) is 11.5. The fourth-order valence-electron chi connectivity index (χ4n) is 1.68. The number of halogens is 2. The Morgan fingerprint density at radius 3 is 2.67 bits per heavy atom. The summed E-state index contributed by atoms with van der Waals surface area (Å²) in [6.07, 6.45) is 0. The minimum absolute atomic E-state index is 0.0318. The molecular weight excluding hydrogens is 319 g/mol. The predicted molar refractivity (Wildman–Crippen MR) is 81.9 cm³/mol. The molecule has 2 N–H and O–H groups in total. The van der Waals surface area contributed by atoms with Crippen LogP contribution in [0.1, 0.15) is 13.8 Å². The third-order valence-electron chi connectivity index (χ3n) is 2.49. The van der Waals surface area contributed by atoms with Crippen LogP contribution in [0.25, 0.3) is 0 Å². The van der Waals surface area contributed by atoms with E-state index in [1.165, 1.54) is 18.2 Å². The molecule has 0 spiro atoms. The standard InChI is InChI=1S/C13H18ClFN2O3S/c1-9(2)8-21(19,20)7-6-16-13(18)17-11-5-3-4-10(14)12(11)15/h3-5,9H,6-8H2,1-2H3,(H2,16,17,18). The first-order valence-corrected chi connectivity index (χ1v) is 8.60. The van der Waals surface area contributed by atoms with Gasteiger partial charge in [0.15, 0.2) is 15.7 Å². The molecule has 2 amide bonds. The third-order valence-corrected chi connectivity index (χ3v) is 4.78. The number of hydrogen-bond acceptors (Lipinski definition) is 3. The van der Waals surface area contributed by atoms with Crippen LogP contribution in [0.3, 0.4) is 0 Å². The zero-order chi connectivity index (χ0) is 16.0. The van der Waals surface area contributed by atoms with Crippen LogP contribution in [0, 0.1) is 11.7 Å². The summed E-state index contributed by atoms with van der Waals surface area (Å²) in [7, 11) is -3.20. The molecule has 0 aliphatic rings. The highest BCUT2D eigenvalue weighted by atomic mass is 35.5. The highest BCUT2D eigenvalue weighted by Gasteiger charge is 2.14. The Morgan fingerprint density at radius 1 is 1.38 bits per heavy atom. The topological polar surface area (TPSA) is 75.3 Å². The summed E-state index contributed by atoms with van der Waals surface area (Å²) in [4.78, 5) is 11.6. The third kappa shape index (κ3) is 6.31. The lowest BCUT2D eigenvalue weighted by Gasteiger charge is -2.10. The van der Waals surface area contributed by atoms with Gasteiger partial charge in [-0.25, -0.2) is 17.6 Å². The number of urea groups is 1. The molecule has 0 aromatic heterocycles. The molecule has 0 aliphatic heterocycles. The van der Waals surface area contributed by atoms with E-state index < -0.39 is 21.7 Å². The second-order valence-electron chi connectivity index (χ2n) is 4.99. The Bertz CT molecular complexity index is 605. The van der Waals surface area contributed by atoms with Gasteiger partial charge >= 0.3 is 6.03 Å². The van der Waals surface area contributed by atoms with E-state index in [0.29, 0.717) is 0 Å². The molecule has 0 saturated carbocycles. The smallest absolute Gasteiger partial charge is 0.319 e. The molecule has 1 aromatic rings. The minimum Gasteiger partial charge on any atom is -0.337 e. The Morgan fingerprint density at radius 2 is 2.05 bits per heavy atom. The Labute approximate surface area is 128 Å². The van der Waals surface area contributed by atoms with Crippen LogP contribution in [-0.2, 0) is 9.84 Å². The molecule has 21 heavy (non-hydrogen) atoms. The molecule has 5 nitrogen and oxygen atoms in total. The largest absolute Gasteiger partial charge is 0.337 e. The van der Waals surface area contributed by atoms with E-state index >= 15 is 0 Å². The average Bonchev–Trinajstić information content (AvgIpc) is 2.33. The lowest BCUT2D eigenvalue weighted by Crippen LogP contribution is -2.34. The van der Waals surface area contributed by atoms with Crippen molar-refractivity contribution in [1.82, 2.24) is 5.32 Å². The molecule has 8 heteroatoms. The second-order valence-corrected chi connectivity index (χ2v) is 7.63. The number of carbonyl (C=O) groups is 1. The molecule has 1 rings (SSSR count). The highest BCUT2D eigenvalue weighted by Crippen LogP contribution is 2.21. The van der Waals surface area contributed by atoms with Gasteiger partial charge in [0.05, 0.1) is 22.2 Å². The van der Waals surface area contributed by atoms with Crippen LogP contribution in [0.2, 0.25) is 5.02 Å². The van der Waals surface area contributed by atoms with Crippen LogP contribution in [0.15, 0.2) is 18.2 Å². The van der Waals surface area contributed by atoms with Crippen molar-refractivity contribution in [2.24, 2.45) is 5.92 Å². The molecule has 0 unspecified atom stereocenters. The molecule has 1 aromatic carbocycles. The van der Waals surface area contributed by atoms with Gasteiger partial charge in [-0.05, 0) is 18.1 Å². The van der Waals surface area contributed by atoms with Crippen LogP contribution in [-0.4, -0.2) is 32.5 Å². The maximum atomic E-state index is 13.5. The quantitative estimate of drug-likeness (QED) is 0.838. The number of amides is 2. The summed E-state index contributed by atoms with van der Waals surface area (Å²) < 4.78 is 36.8. The maximum Gasteiger partial charge on any atom is 0.319 e. The first-order valence-electron chi connectivity index (χ1n) is 6.40. The summed E-state index contributed by atoms with van der Waals surface area (Å²) in [5.41, 5.74) is -0.0648. The van der Waals surface area contributed by atoms with Gasteiger partial charge < -0.3 is 10.6 Å². The zero-order valence-corrected chi connectivity index (χ0v) is 13.4. The van der Waals surface area contributed by atoms with Crippen molar-refractivity contribution in [2.45, 2.75) is 13.8 Å². The molecule has 0 radical (unpaired) electrons. The Hall–Kier alpha value is -1.34. The molecular formula is C13H18ClFN2O3S. The molecule has 118 valence electrons. The number of benzene rings is 1. The van der Waals surface area contributed by atoms with Crippen molar-refractivity contribution in [2.75, 3.05) is 23.4 Å². The number of hydrogen-bond donors (Lipinski definition) is 2. The first kappa shape index (κ1) is 17.7. The molecule has 0 saturated heterocycles. The maximum absolute atomic E-state index is 13.5. The second kappa shape index (κ2) is 7.61. The lowest BCUT2D eigenvalue weighted by atomic mass is 10.3. The van der Waals surface area contributed by atoms with Crippen molar-refractivity contribution in [3.05, 3.63) is 29.0 Å². The average molecular weight is 337 g/mol. The van der Waals surface area contributed by atoms with Gasteiger partial charge in [0.1, 0.15) is 0 Å². The van der Waals surface area contributed by atoms with Crippen LogP contribution < -0.4 is 10.6 Å². The van der Waals surface area contributed by atoms with Crippen molar-refractivity contribution >= 4 is 33.2 Å². The number of anilines is 1. The van der Waals surface area contributed by atoms with Crippen LogP contribution >= 0.6 is 11.6 Å². The van der Waals surface area contributed by atoms with E-state index in [1.54, 1.807) is 13.8 Å². The molecule has 0 heterocycles. The van der Waals surface area contributed by atoms with E-state index in [2.05, 4.69) is 10.6 Å². The number of carbonyl (C=O) groups excluding carboxylic acids is 1. The number of sulfone groups is 1. The molecule has 0 bridgehead atoms. The highest BCUT2D eigenvalue weighted by molar-refractivity contribution is 7.91. The Kier molecular flexibility index (Phi) is 6.42. The van der Waals surface area contributed by atoms with Gasteiger partial charge in [0.25, 0.3) is 0 Å². The van der Waals surface area contributed by atoms with Crippen molar-refractivity contribution < 1.29 is 17.6 Å². The summed E-state index contributed by atoms with van der Waals surface area (Å²) in [5, 5.41) is 4.54. The van der Waals surface area contributed by atoms with Gasteiger partial charge in [-0.1, -0.05) is 31.5 Å². The zero-order valence-electron chi connectivity index (χ0n) is 11.8. The first-order chi connectivity index (χ1) is 9.71. The fraction of sp³-hybridized carbons (Fsp3) is 0.462. The van der Waals surface area contributed by atoms with Gasteiger partial charge in [0.2, 0.25) is 0 Å². The lowest BCUT2D eigenvalue weighted by molar-refractivity contribution is 0.252. The van der Waals surface area contributed by atoms with Crippen molar-refractivity contribution in [3.63, 3.8) is 0 Å². The van der Waals surface area contributed by atoms with Crippen molar-refractivity contribution in [3.8, 4) is 0 Å². The van der Waals surface area contributed by atoms with Gasteiger partial charge in [-0.3, -0.25) is 0 Å². The summed E-state index contributed by atoms with van der Waals surface area (Å²) in [6.45, 7) is 3.57. The van der Waals surface area contributed by atoms with E-state index in [9.17, 15) is 17.6 Å². The van der Waals surface area contributed by atoms with E-state index in [4.69, 9.17) is 11.6 Å². The van der Waals surface area contributed by atoms with Crippen molar-refractivity contribution in [1.29, 1.82) is 0 Å². The minimum atomic E-state index is -3.20. The summed E-state index contributed by atoms with van der Waals surface area (Å²) in [6, 6.07) is 3.53. The van der Waals surface area contributed by atoms with Gasteiger partial charge in [-0.15, -0.1) is 0 Å². The summed E-state index contributed by atoms with van der Waals surface area (Å²) >= 11 is 5.58. The van der Waals surface area contributed by atoms with Gasteiger partial charge in [-0.2, -0.15) is 0 Å². The van der Waals surface area contributed by atoms with Crippen LogP contribution in [0.5, 0.6) is 0 Å². The molecule has 0 fully saturated rings. The van der Waals surface area contributed by atoms with E-state index in [-0.39, 0.29) is 34.7 Å². The SMILES string of the molecule is CC(C)CS(=O)(=O)CCNC(=O)Nc1cccc(Cl)c1F. The number of nitrogens with one attached hydrogen (secondary N) is 2. The van der Waals surface area contributed by atoms with Crippen LogP contribution in [0.4, 0.5) is 14.9 Å². The molecule has 0 aliphatic carbocycles. The molecule has 0 atom stereocenters. The van der Waals surface area contributed by atoms with E-state index in [1.807, 2.05) is 0 Å². The summed E-state index contributed by atoms with van der Waals surface area (Å²) in [5.74, 6) is -0.790. The van der Waals surface area contributed by atoms with Gasteiger partial charge in [0, 0.05) is 6.54 Å².